The number of alkyl halides is 2. The third kappa shape index (κ3) is 4.75. The number of carbonyl (C=O) groups excluding carboxylic acids is 1. The van der Waals surface area contributed by atoms with E-state index in [1.807, 2.05) is 0 Å². The maximum absolute atomic E-state index is 12.4. The van der Waals surface area contributed by atoms with E-state index in [0.717, 1.165) is 5.56 Å². The molecule has 0 aliphatic heterocycles. The number of benzene rings is 1. The first-order valence-electron chi connectivity index (χ1n) is 5.80. The fraction of sp³-hybridized carbons (Fsp3) is 0.364. The molecule has 7 nitrogen and oxygen atoms in total. The fourth-order valence-corrected chi connectivity index (χ4v) is 4.25. The van der Waals surface area contributed by atoms with Crippen molar-refractivity contribution in [3.63, 3.8) is 0 Å². The SMILES string of the molecule is Cc1ccc(S(=O)(=O)C(Br)(Br)C(=O)NCCS(=O)(=O)O)cc1. The van der Waals surface area contributed by atoms with E-state index in [1.165, 1.54) is 12.1 Å². The Kier molecular flexibility index (Phi) is 6.18. The van der Waals surface area contributed by atoms with Crippen LogP contribution in [0.4, 0.5) is 0 Å². The third-order valence-corrected chi connectivity index (χ3v) is 8.33. The molecule has 0 aliphatic carbocycles. The molecule has 1 aromatic rings. The van der Waals surface area contributed by atoms with Gasteiger partial charge in [-0.3, -0.25) is 9.35 Å². The van der Waals surface area contributed by atoms with Crippen LogP contribution in [0.25, 0.3) is 0 Å². The molecule has 0 saturated carbocycles. The summed E-state index contributed by atoms with van der Waals surface area (Å²) in [4.78, 5) is 11.9. The number of halogens is 2. The molecule has 0 unspecified atom stereocenters. The van der Waals surface area contributed by atoms with Crippen LogP contribution >= 0.6 is 31.9 Å². The number of hydrogen-bond acceptors (Lipinski definition) is 5. The van der Waals surface area contributed by atoms with E-state index in [2.05, 4.69) is 37.2 Å². The minimum absolute atomic E-state index is 0.0863. The highest BCUT2D eigenvalue weighted by atomic mass is 79.9. The van der Waals surface area contributed by atoms with Crippen molar-refractivity contribution in [1.82, 2.24) is 5.32 Å². The van der Waals surface area contributed by atoms with Crippen molar-refractivity contribution in [1.29, 1.82) is 0 Å². The number of carbonyl (C=O) groups is 1. The Morgan fingerprint density at radius 3 is 2.14 bits per heavy atom. The summed E-state index contributed by atoms with van der Waals surface area (Å²) in [6.45, 7) is 1.36. The number of rotatable bonds is 6. The van der Waals surface area contributed by atoms with Gasteiger partial charge in [-0.2, -0.15) is 8.42 Å². The van der Waals surface area contributed by atoms with Gasteiger partial charge in [0.15, 0.2) is 0 Å². The lowest BCUT2D eigenvalue weighted by molar-refractivity contribution is -0.119. The van der Waals surface area contributed by atoms with Crippen molar-refractivity contribution in [3.8, 4) is 0 Å². The summed E-state index contributed by atoms with van der Waals surface area (Å²) in [7, 11) is -8.36. The van der Waals surface area contributed by atoms with Crippen LogP contribution in [-0.4, -0.2) is 42.2 Å². The van der Waals surface area contributed by atoms with Gasteiger partial charge >= 0.3 is 0 Å². The summed E-state index contributed by atoms with van der Waals surface area (Å²) in [6, 6.07) is 5.87. The first-order valence-corrected chi connectivity index (χ1v) is 10.5. The lowest BCUT2D eigenvalue weighted by atomic mass is 10.2. The summed E-state index contributed by atoms with van der Waals surface area (Å²) in [5.74, 6) is -1.73. The van der Waals surface area contributed by atoms with Crippen molar-refractivity contribution >= 4 is 57.7 Å². The predicted octanol–water partition coefficient (Wildman–Crippen LogP) is 1.22. The van der Waals surface area contributed by atoms with Gasteiger partial charge in [0.05, 0.1) is 10.6 Å². The van der Waals surface area contributed by atoms with Crippen LogP contribution in [0.5, 0.6) is 0 Å². The van der Waals surface area contributed by atoms with Gasteiger partial charge in [-0.05, 0) is 50.9 Å². The lowest BCUT2D eigenvalue weighted by Crippen LogP contribution is -2.44. The van der Waals surface area contributed by atoms with Crippen LogP contribution in [0, 0.1) is 6.92 Å². The zero-order chi connectivity index (χ0) is 17.2. The Hall–Kier alpha value is -0.490. The van der Waals surface area contributed by atoms with Crippen molar-refractivity contribution in [3.05, 3.63) is 29.8 Å². The molecule has 0 spiro atoms. The molecule has 0 saturated heterocycles. The number of nitrogens with one attached hydrogen (secondary N) is 1. The zero-order valence-corrected chi connectivity index (χ0v) is 16.1. The Labute approximate surface area is 145 Å². The van der Waals surface area contributed by atoms with Crippen LogP contribution < -0.4 is 5.32 Å². The topological polar surface area (TPSA) is 118 Å². The van der Waals surface area contributed by atoms with Gasteiger partial charge < -0.3 is 5.32 Å². The second-order valence-corrected chi connectivity index (χ2v) is 12.5. The average Bonchev–Trinajstić information content (AvgIpc) is 2.37. The average molecular weight is 479 g/mol. The summed E-state index contributed by atoms with van der Waals surface area (Å²) in [5, 5.41) is 2.12. The van der Waals surface area contributed by atoms with Gasteiger partial charge in [0.2, 0.25) is 9.84 Å². The largest absolute Gasteiger partial charge is 0.352 e. The molecule has 1 amide bonds. The maximum Gasteiger partial charge on any atom is 0.266 e. The Bertz CT molecular complexity index is 756. The molecule has 0 aromatic heterocycles. The molecule has 1 rings (SSSR count). The van der Waals surface area contributed by atoms with Crippen molar-refractivity contribution in [2.24, 2.45) is 0 Å². The van der Waals surface area contributed by atoms with Gasteiger partial charge in [-0.15, -0.1) is 0 Å². The van der Waals surface area contributed by atoms with Gasteiger partial charge in [-0.25, -0.2) is 8.42 Å². The van der Waals surface area contributed by atoms with Crippen LogP contribution in [0.15, 0.2) is 29.2 Å². The number of amides is 1. The minimum Gasteiger partial charge on any atom is -0.352 e. The maximum atomic E-state index is 12.4. The summed E-state index contributed by atoms with van der Waals surface area (Å²) in [6.07, 6.45) is 0. The van der Waals surface area contributed by atoms with Crippen LogP contribution in [-0.2, 0) is 24.7 Å². The first kappa shape index (κ1) is 19.6. The number of aryl methyl sites for hydroxylation is 1. The summed E-state index contributed by atoms with van der Waals surface area (Å²) in [5.41, 5.74) is 0.853. The van der Waals surface area contributed by atoms with Crippen LogP contribution in [0.2, 0.25) is 0 Å². The van der Waals surface area contributed by atoms with Gasteiger partial charge in [0.25, 0.3) is 18.6 Å². The molecule has 124 valence electrons. The first-order chi connectivity index (χ1) is 9.88. The molecule has 1 aromatic carbocycles. The van der Waals surface area contributed by atoms with Crippen LogP contribution in [0.3, 0.4) is 0 Å². The molecule has 0 fully saturated rings. The zero-order valence-electron chi connectivity index (χ0n) is 11.3. The number of hydrogen-bond donors (Lipinski definition) is 2. The molecule has 22 heavy (non-hydrogen) atoms. The number of sulfone groups is 1. The van der Waals surface area contributed by atoms with E-state index in [-0.39, 0.29) is 4.90 Å². The Morgan fingerprint density at radius 1 is 1.18 bits per heavy atom. The lowest BCUT2D eigenvalue weighted by Gasteiger charge is -2.20. The second kappa shape index (κ2) is 6.95. The standard InChI is InChI=1S/C11H13Br2NO6S2/c1-8-2-4-9(5-3-8)22(19,20)11(12,13)10(15)14-6-7-21(16,17)18/h2-5H,6-7H2,1H3,(H,14,15)(H,16,17,18). The molecule has 2 N–H and O–H groups in total. The minimum atomic E-state index is -4.25. The predicted molar refractivity (Wildman–Crippen MR) is 88.4 cm³/mol. The normalized spacial score (nSPS) is 12.9. The highest BCUT2D eigenvalue weighted by Gasteiger charge is 2.47. The quantitative estimate of drug-likeness (QED) is 0.468. The van der Waals surface area contributed by atoms with Crippen LogP contribution in [0.1, 0.15) is 5.56 Å². The van der Waals surface area contributed by atoms with Crippen molar-refractivity contribution in [2.45, 2.75) is 14.4 Å². The van der Waals surface area contributed by atoms with E-state index in [9.17, 15) is 21.6 Å². The van der Waals surface area contributed by atoms with E-state index < -0.39 is 40.7 Å². The van der Waals surface area contributed by atoms with E-state index >= 15 is 0 Å². The molecule has 0 atom stereocenters. The Balaban J connectivity index is 2.96. The summed E-state index contributed by atoms with van der Waals surface area (Å²) < 4.78 is 52.5. The van der Waals surface area contributed by atoms with E-state index in [0.29, 0.717) is 0 Å². The van der Waals surface area contributed by atoms with Gasteiger partial charge in [0, 0.05) is 6.54 Å². The molecule has 0 radical (unpaired) electrons. The molecule has 0 heterocycles. The smallest absolute Gasteiger partial charge is 0.266 e. The molecular weight excluding hydrogens is 466 g/mol. The third-order valence-electron chi connectivity index (χ3n) is 2.58. The second-order valence-electron chi connectivity index (χ2n) is 4.38. The van der Waals surface area contributed by atoms with Gasteiger partial charge in [-0.1, -0.05) is 17.7 Å². The molecule has 0 bridgehead atoms. The fourth-order valence-electron chi connectivity index (χ4n) is 1.38. The molecule has 11 heteroatoms. The van der Waals surface area contributed by atoms with E-state index in [4.69, 9.17) is 4.55 Å². The molecule has 0 aliphatic rings. The summed E-state index contributed by atoms with van der Waals surface area (Å²) >= 11 is 5.62. The monoisotopic (exact) mass is 477 g/mol. The highest BCUT2D eigenvalue weighted by molar-refractivity contribution is 9.28. The highest BCUT2D eigenvalue weighted by Crippen LogP contribution is 2.37. The van der Waals surface area contributed by atoms with Crippen molar-refractivity contribution in [2.75, 3.05) is 12.3 Å². The van der Waals surface area contributed by atoms with E-state index in [1.54, 1.807) is 19.1 Å². The molecular formula is C11H13Br2NO6S2. The Morgan fingerprint density at radius 2 is 1.68 bits per heavy atom. The van der Waals surface area contributed by atoms with Crippen molar-refractivity contribution < 1.29 is 26.2 Å². The van der Waals surface area contributed by atoms with Gasteiger partial charge in [0.1, 0.15) is 0 Å².